The summed E-state index contributed by atoms with van der Waals surface area (Å²) in [5.41, 5.74) is 2.58. The summed E-state index contributed by atoms with van der Waals surface area (Å²) in [6.07, 6.45) is 2.49. The standard InChI is InChI=1S/C16H24N2O/c1-16(2,3)9-14(19)11-17-10-12-4-5-15-13(8-12)6-7-18-15/h4-8,14,17-19H,9-11H2,1-3H3. The Morgan fingerprint density at radius 3 is 2.79 bits per heavy atom. The summed E-state index contributed by atoms with van der Waals surface area (Å²) in [7, 11) is 0. The van der Waals surface area contributed by atoms with Crippen molar-refractivity contribution in [3.8, 4) is 0 Å². The van der Waals surface area contributed by atoms with Crippen molar-refractivity contribution in [1.29, 1.82) is 0 Å². The molecule has 0 aliphatic rings. The lowest BCUT2D eigenvalue weighted by atomic mass is 9.89. The van der Waals surface area contributed by atoms with Crippen molar-refractivity contribution < 1.29 is 5.11 Å². The maximum atomic E-state index is 9.93. The molecule has 19 heavy (non-hydrogen) atoms. The summed E-state index contributed by atoms with van der Waals surface area (Å²) in [5, 5.41) is 14.5. The van der Waals surface area contributed by atoms with E-state index in [1.165, 1.54) is 10.9 Å². The molecule has 2 aromatic rings. The van der Waals surface area contributed by atoms with Gasteiger partial charge in [-0.15, -0.1) is 0 Å². The lowest BCUT2D eigenvalue weighted by Gasteiger charge is -2.22. The summed E-state index contributed by atoms with van der Waals surface area (Å²) in [4.78, 5) is 3.19. The number of rotatable bonds is 5. The highest BCUT2D eigenvalue weighted by Gasteiger charge is 2.16. The molecule has 104 valence electrons. The molecule has 1 aromatic carbocycles. The molecule has 0 bridgehead atoms. The van der Waals surface area contributed by atoms with Gasteiger partial charge in [-0.1, -0.05) is 26.8 Å². The fourth-order valence-corrected chi connectivity index (χ4v) is 2.37. The zero-order valence-corrected chi connectivity index (χ0v) is 12.0. The van der Waals surface area contributed by atoms with Crippen molar-refractivity contribution in [1.82, 2.24) is 10.3 Å². The average molecular weight is 260 g/mol. The van der Waals surface area contributed by atoms with Gasteiger partial charge in [0, 0.05) is 24.8 Å². The number of nitrogens with one attached hydrogen (secondary N) is 2. The van der Waals surface area contributed by atoms with Crippen molar-refractivity contribution in [2.75, 3.05) is 6.54 Å². The Hall–Kier alpha value is -1.32. The van der Waals surface area contributed by atoms with Crippen LogP contribution in [0.25, 0.3) is 10.9 Å². The largest absolute Gasteiger partial charge is 0.392 e. The molecule has 3 heteroatoms. The second-order valence-electron chi connectivity index (χ2n) is 6.45. The third-order valence-electron chi connectivity index (χ3n) is 3.17. The van der Waals surface area contributed by atoms with Crippen LogP contribution < -0.4 is 5.32 Å². The average Bonchev–Trinajstić information content (AvgIpc) is 2.73. The Morgan fingerprint density at radius 1 is 1.26 bits per heavy atom. The van der Waals surface area contributed by atoms with Crippen molar-refractivity contribution >= 4 is 10.9 Å². The van der Waals surface area contributed by atoms with Crippen LogP contribution in [-0.4, -0.2) is 22.7 Å². The number of aliphatic hydroxyl groups is 1. The van der Waals surface area contributed by atoms with E-state index in [1.54, 1.807) is 0 Å². The molecule has 3 nitrogen and oxygen atoms in total. The van der Waals surface area contributed by atoms with Gasteiger partial charge < -0.3 is 15.4 Å². The number of aromatic nitrogens is 1. The molecule has 0 aliphatic heterocycles. The number of fused-ring (bicyclic) bond motifs is 1. The Balaban J connectivity index is 1.82. The summed E-state index contributed by atoms with van der Waals surface area (Å²) in [5.74, 6) is 0. The predicted molar refractivity (Wildman–Crippen MR) is 80.1 cm³/mol. The molecule has 1 atom stereocenters. The third kappa shape index (κ3) is 4.37. The zero-order chi connectivity index (χ0) is 13.9. The SMILES string of the molecule is CC(C)(C)CC(O)CNCc1ccc2[nH]ccc2c1. The molecule has 0 amide bonds. The van der Waals surface area contributed by atoms with Crippen LogP contribution in [0.4, 0.5) is 0 Å². The second-order valence-corrected chi connectivity index (χ2v) is 6.45. The van der Waals surface area contributed by atoms with E-state index in [2.05, 4.69) is 55.3 Å². The number of H-pyrrole nitrogens is 1. The van der Waals surface area contributed by atoms with Gasteiger partial charge in [0.25, 0.3) is 0 Å². The number of aromatic amines is 1. The van der Waals surface area contributed by atoms with Crippen LogP contribution in [0.3, 0.4) is 0 Å². The Kier molecular flexibility index (Phi) is 4.27. The molecule has 0 saturated carbocycles. The van der Waals surface area contributed by atoms with Gasteiger partial charge in [-0.3, -0.25) is 0 Å². The summed E-state index contributed by atoms with van der Waals surface area (Å²) in [6.45, 7) is 7.88. The fraction of sp³-hybridized carbons (Fsp3) is 0.500. The first-order valence-corrected chi connectivity index (χ1v) is 6.89. The van der Waals surface area contributed by atoms with E-state index in [4.69, 9.17) is 0 Å². The molecule has 0 aliphatic carbocycles. The van der Waals surface area contributed by atoms with Crippen LogP contribution in [0.15, 0.2) is 30.5 Å². The minimum atomic E-state index is -0.281. The van der Waals surface area contributed by atoms with Gasteiger partial charge in [0.2, 0.25) is 0 Å². The predicted octanol–water partition coefficient (Wildman–Crippen LogP) is 3.05. The van der Waals surface area contributed by atoms with E-state index >= 15 is 0 Å². The maximum Gasteiger partial charge on any atom is 0.0669 e. The normalized spacial score (nSPS) is 13.9. The van der Waals surface area contributed by atoms with Crippen LogP contribution in [-0.2, 0) is 6.54 Å². The van der Waals surface area contributed by atoms with Crippen LogP contribution in [0.1, 0.15) is 32.8 Å². The molecule has 1 unspecified atom stereocenters. The summed E-state index contributed by atoms with van der Waals surface area (Å²) in [6, 6.07) is 8.46. The number of hydrogen-bond acceptors (Lipinski definition) is 2. The third-order valence-corrected chi connectivity index (χ3v) is 3.17. The molecular weight excluding hydrogens is 236 g/mol. The topological polar surface area (TPSA) is 48.0 Å². The quantitative estimate of drug-likeness (QED) is 0.774. The first-order valence-electron chi connectivity index (χ1n) is 6.89. The van der Waals surface area contributed by atoms with E-state index in [0.717, 1.165) is 18.5 Å². The fourth-order valence-electron chi connectivity index (χ4n) is 2.37. The number of aliphatic hydroxyl groups excluding tert-OH is 1. The van der Waals surface area contributed by atoms with Crippen LogP contribution >= 0.6 is 0 Å². The number of benzene rings is 1. The first-order chi connectivity index (χ1) is 8.94. The minimum absolute atomic E-state index is 0.172. The van der Waals surface area contributed by atoms with Crippen molar-refractivity contribution in [2.45, 2.75) is 39.8 Å². The lowest BCUT2D eigenvalue weighted by Crippen LogP contribution is -2.29. The zero-order valence-electron chi connectivity index (χ0n) is 12.0. The monoisotopic (exact) mass is 260 g/mol. The van der Waals surface area contributed by atoms with Gasteiger partial charge in [0.1, 0.15) is 0 Å². The van der Waals surface area contributed by atoms with E-state index in [0.29, 0.717) is 6.54 Å². The van der Waals surface area contributed by atoms with Gasteiger partial charge in [-0.2, -0.15) is 0 Å². The van der Waals surface area contributed by atoms with Crippen LogP contribution in [0.5, 0.6) is 0 Å². The van der Waals surface area contributed by atoms with Crippen LogP contribution in [0.2, 0.25) is 0 Å². The van der Waals surface area contributed by atoms with Crippen molar-refractivity contribution in [3.05, 3.63) is 36.0 Å². The Bertz CT molecular complexity index is 525. The Morgan fingerprint density at radius 2 is 2.05 bits per heavy atom. The van der Waals surface area contributed by atoms with E-state index in [9.17, 15) is 5.11 Å². The van der Waals surface area contributed by atoms with Gasteiger partial charge in [0.15, 0.2) is 0 Å². The summed E-state index contributed by atoms with van der Waals surface area (Å²) < 4.78 is 0. The molecule has 0 radical (unpaired) electrons. The highest BCUT2D eigenvalue weighted by Crippen LogP contribution is 2.20. The van der Waals surface area contributed by atoms with Gasteiger partial charge >= 0.3 is 0 Å². The minimum Gasteiger partial charge on any atom is -0.392 e. The van der Waals surface area contributed by atoms with E-state index in [1.807, 2.05) is 6.20 Å². The first kappa shape index (κ1) is 14.1. The van der Waals surface area contributed by atoms with Gasteiger partial charge in [-0.25, -0.2) is 0 Å². The maximum absolute atomic E-state index is 9.93. The molecular formula is C16H24N2O. The van der Waals surface area contributed by atoms with Gasteiger partial charge in [-0.05, 0) is 41.0 Å². The molecule has 0 fully saturated rings. The second kappa shape index (κ2) is 5.76. The molecule has 2 rings (SSSR count). The molecule has 3 N–H and O–H groups in total. The molecule has 0 saturated heterocycles. The molecule has 1 aromatic heterocycles. The number of hydrogen-bond donors (Lipinski definition) is 3. The highest BCUT2D eigenvalue weighted by molar-refractivity contribution is 5.79. The van der Waals surface area contributed by atoms with E-state index in [-0.39, 0.29) is 11.5 Å². The van der Waals surface area contributed by atoms with Gasteiger partial charge in [0.05, 0.1) is 6.10 Å². The lowest BCUT2D eigenvalue weighted by molar-refractivity contribution is 0.119. The highest BCUT2D eigenvalue weighted by atomic mass is 16.3. The molecule has 0 spiro atoms. The van der Waals surface area contributed by atoms with Crippen molar-refractivity contribution in [2.24, 2.45) is 5.41 Å². The van der Waals surface area contributed by atoms with Crippen molar-refractivity contribution in [3.63, 3.8) is 0 Å². The van der Waals surface area contributed by atoms with E-state index < -0.39 is 0 Å². The summed E-state index contributed by atoms with van der Waals surface area (Å²) >= 11 is 0. The Labute approximate surface area is 115 Å². The smallest absolute Gasteiger partial charge is 0.0669 e. The molecule has 1 heterocycles. The van der Waals surface area contributed by atoms with Crippen LogP contribution in [0, 0.1) is 5.41 Å².